The van der Waals surface area contributed by atoms with Crippen LogP contribution in [-0.4, -0.2) is 13.2 Å². The second kappa shape index (κ2) is 4.92. The van der Waals surface area contributed by atoms with Crippen LogP contribution in [0.1, 0.15) is 43.4 Å². The Kier molecular flexibility index (Phi) is 3.19. The average Bonchev–Trinajstić information content (AvgIpc) is 2.87. The minimum Gasteiger partial charge on any atom is -0.493 e. The van der Waals surface area contributed by atoms with Gasteiger partial charge in [-0.1, -0.05) is 18.5 Å². The number of halogens is 1. The van der Waals surface area contributed by atoms with Crippen LogP contribution in [0.4, 0.5) is 0 Å². The van der Waals surface area contributed by atoms with Crippen LogP contribution in [0.5, 0.6) is 5.75 Å². The molecule has 0 spiro atoms. The lowest BCUT2D eigenvalue weighted by atomic mass is 9.87. The van der Waals surface area contributed by atoms with Gasteiger partial charge in [-0.05, 0) is 61.3 Å². The topological polar surface area (TPSA) is 21.3 Å². The van der Waals surface area contributed by atoms with E-state index in [9.17, 15) is 0 Å². The van der Waals surface area contributed by atoms with Gasteiger partial charge in [-0.2, -0.15) is 0 Å². The van der Waals surface area contributed by atoms with E-state index in [0.717, 1.165) is 48.1 Å². The van der Waals surface area contributed by atoms with Crippen LogP contribution in [0.25, 0.3) is 0 Å². The van der Waals surface area contributed by atoms with E-state index in [4.69, 9.17) is 16.3 Å². The summed E-state index contributed by atoms with van der Waals surface area (Å²) in [4.78, 5) is 0. The largest absolute Gasteiger partial charge is 0.493 e. The summed E-state index contributed by atoms with van der Waals surface area (Å²) in [6.07, 6.45) is 5.23. The highest BCUT2D eigenvalue weighted by Gasteiger charge is 2.48. The molecule has 3 heteroatoms. The van der Waals surface area contributed by atoms with Crippen molar-refractivity contribution in [1.29, 1.82) is 0 Å². The van der Waals surface area contributed by atoms with Crippen LogP contribution in [0.3, 0.4) is 0 Å². The maximum absolute atomic E-state index is 6.33. The van der Waals surface area contributed by atoms with Gasteiger partial charge in [-0.15, -0.1) is 0 Å². The molecule has 1 aliphatic heterocycles. The van der Waals surface area contributed by atoms with Gasteiger partial charge in [0, 0.05) is 23.0 Å². The zero-order valence-corrected chi connectivity index (χ0v) is 12.7. The quantitative estimate of drug-likeness (QED) is 0.906. The van der Waals surface area contributed by atoms with Crippen molar-refractivity contribution >= 4 is 11.6 Å². The fraction of sp³-hybridized carbons (Fsp3) is 0.647. The lowest BCUT2D eigenvalue weighted by molar-refractivity contribution is 0.317. The van der Waals surface area contributed by atoms with Gasteiger partial charge in [0.25, 0.3) is 0 Å². The molecule has 0 aromatic heterocycles. The normalized spacial score (nSPS) is 31.6. The van der Waals surface area contributed by atoms with Crippen LogP contribution in [-0.2, 0) is 6.42 Å². The molecule has 1 aromatic carbocycles. The van der Waals surface area contributed by atoms with Crippen LogP contribution >= 0.6 is 11.6 Å². The molecule has 2 fully saturated rings. The Morgan fingerprint density at radius 3 is 2.85 bits per heavy atom. The van der Waals surface area contributed by atoms with Crippen molar-refractivity contribution in [1.82, 2.24) is 5.32 Å². The maximum Gasteiger partial charge on any atom is 0.127 e. The molecule has 0 bridgehead atoms. The SMILES string of the molecule is CCNC(c1cc(Cl)cc2c1OCC2)C1CC2CC2C1. The Morgan fingerprint density at radius 2 is 2.10 bits per heavy atom. The second-order valence-electron chi connectivity index (χ2n) is 6.60. The van der Waals surface area contributed by atoms with Crippen molar-refractivity contribution in [2.24, 2.45) is 17.8 Å². The molecule has 3 aliphatic rings. The number of ether oxygens (including phenoxy) is 1. The van der Waals surface area contributed by atoms with Gasteiger partial charge in [-0.25, -0.2) is 0 Å². The molecule has 3 unspecified atom stereocenters. The molecule has 0 amide bonds. The van der Waals surface area contributed by atoms with E-state index in [1.807, 2.05) is 0 Å². The predicted molar refractivity (Wildman–Crippen MR) is 81.4 cm³/mol. The van der Waals surface area contributed by atoms with Gasteiger partial charge >= 0.3 is 0 Å². The van der Waals surface area contributed by atoms with Gasteiger partial charge in [0.2, 0.25) is 0 Å². The molecular weight excluding hydrogens is 270 g/mol. The summed E-state index contributed by atoms with van der Waals surface area (Å²) in [7, 11) is 0. The molecule has 2 nitrogen and oxygen atoms in total. The van der Waals surface area contributed by atoms with E-state index in [1.165, 1.54) is 30.4 Å². The highest BCUT2D eigenvalue weighted by atomic mass is 35.5. The number of hydrogen-bond donors (Lipinski definition) is 1. The number of nitrogens with one attached hydrogen (secondary N) is 1. The molecule has 4 rings (SSSR count). The standard InChI is InChI=1S/C17H22ClNO/c1-2-19-16(13-6-11-5-12(11)7-13)15-9-14(18)8-10-3-4-20-17(10)15/h8-9,11-13,16,19H,2-7H2,1H3. The second-order valence-corrected chi connectivity index (χ2v) is 7.04. The summed E-state index contributed by atoms with van der Waals surface area (Å²) in [6.45, 7) is 3.99. The van der Waals surface area contributed by atoms with Crippen molar-refractivity contribution in [2.75, 3.05) is 13.2 Å². The highest BCUT2D eigenvalue weighted by Crippen LogP contribution is 2.57. The van der Waals surface area contributed by atoms with Gasteiger partial charge in [-0.3, -0.25) is 0 Å². The van der Waals surface area contributed by atoms with Crippen molar-refractivity contribution in [3.63, 3.8) is 0 Å². The molecule has 0 radical (unpaired) electrons. The number of rotatable bonds is 4. The number of hydrogen-bond acceptors (Lipinski definition) is 2. The molecule has 2 aliphatic carbocycles. The molecule has 1 N–H and O–H groups in total. The fourth-order valence-electron chi connectivity index (χ4n) is 4.31. The van der Waals surface area contributed by atoms with Gasteiger partial charge < -0.3 is 10.1 Å². The van der Waals surface area contributed by atoms with Crippen molar-refractivity contribution < 1.29 is 4.74 Å². The summed E-state index contributed by atoms with van der Waals surface area (Å²) in [5.74, 6) is 3.88. The van der Waals surface area contributed by atoms with Gasteiger partial charge in [0.1, 0.15) is 5.75 Å². The van der Waals surface area contributed by atoms with E-state index in [2.05, 4.69) is 24.4 Å². The summed E-state index contributed by atoms with van der Waals surface area (Å²) in [6, 6.07) is 4.62. The highest BCUT2D eigenvalue weighted by molar-refractivity contribution is 6.30. The first-order valence-electron chi connectivity index (χ1n) is 7.94. The first-order valence-corrected chi connectivity index (χ1v) is 8.32. The maximum atomic E-state index is 6.33. The molecule has 3 atom stereocenters. The monoisotopic (exact) mass is 291 g/mol. The third kappa shape index (κ3) is 2.14. The first-order chi connectivity index (χ1) is 9.76. The molecule has 0 saturated heterocycles. The lowest BCUT2D eigenvalue weighted by Crippen LogP contribution is -2.28. The van der Waals surface area contributed by atoms with Gasteiger partial charge in [0.05, 0.1) is 6.61 Å². The summed E-state index contributed by atoms with van der Waals surface area (Å²) >= 11 is 6.33. The number of fused-ring (bicyclic) bond motifs is 2. The third-order valence-corrected chi connectivity index (χ3v) is 5.51. The van der Waals surface area contributed by atoms with Crippen LogP contribution in [0.2, 0.25) is 5.02 Å². The zero-order valence-electron chi connectivity index (χ0n) is 12.0. The number of benzene rings is 1. The minimum absolute atomic E-state index is 0.415. The van der Waals surface area contributed by atoms with Gasteiger partial charge in [0.15, 0.2) is 0 Å². The average molecular weight is 292 g/mol. The summed E-state index contributed by atoms with van der Waals surface area (Å²) < 4.78 is 5.91. The van der Waals surface area contributed by atoms with Crippen LogP contribution < -0.4 is 10.1 Å². The Balaban J connectivity index is 1.69. The minimum atomic E-state index is 0.415. The fourth-order valence-corrected chi connectivity index (χ4v) is 4.56. The molecule has 2 saturated carbocycles. The third-order valence-electron chi connectivity index (χ3n) is 5.29. The smallest absolute Gasteiger partial charge is 0.127 e. The molecule has 108 valence electrons. The van der Waals surface area contributed by atoms with E-state index < -0.39 is 0 Å². The van der Waals surface area contributed by atoms with E-state index in [1.54, 1.807) is 0 Å². The van der Waals surface area contributed by atoms with Crippen molar-refractivity contribution in [3.05, 3.63) is 28.3 Å². The van der Waals surface area contributed by atoms with Crippen LogP contribution in [0.15, 0.2) is 12.1 Å². The predicted octanol–water partition coefficient (Wildman–Crippen LogP) is 3.97. The van der Waals surface area contributed by atoms with Crippen molar-refractivity contribution in [2.45, 2.75) is 38.6 Å². The molecule has 1 aromatic rings. The zero-order chi connectivity index (χ0) is 13.7. The Morgan fingerprint density at radius 1 is 1.30 bits per heavy atom. The Labute approximate surface area is 125 Å². The van der Waals surface area contributed by atoms with E-state index >= 15 is 0 Å². The summed E-state index contributed by atoms with van der Waals surface area (Å²) in [5, 5.41) is 4.56. The lowest BCUT2D eigenvalue weighted by Gasteiger charge is -2.27. The first kappa shape index (κ1) is 13.0. The van der Waals surface area contributed by atoms with Crippen molar-refractivity contribution in [3.8, 4) is 5.75 Å². The molecule has 20 heavy (non-hydrogen) atoms. The van der Waals surface area contributed by atoms with Crippen LogP contribution in [0, 0.1) is 17.8 Å². The molecule has 1 heterocycles. The Bertz CT molecular complexity index is 520. The van der Waals surface area contributed by atoms with E-state index in [0.29, 0.717) is 6.04 Å². The van der Waals surface area contributed by atoms with E-state index in [-0.39, 0.29) is 0 Å². The molecular formula is C17H22ClNO. The summed E-state index contributed by atoms with van der Waals surface area (Å²) in [5.41, 5.74) is 2.59. The Hall–Kier alpha value is -0.730.